The topological polar surface area (TPSA) is 41.1 Å². The molecule has 0 aromatic heterocycles. The number of rotatable bonds is 4. The van der Waals surface area contributed by atoms with E-state index < -0.39 is 0 Å². The molecule has 0 bridgehead atoms. The van der Waals surface area contributed by atoms with Crippen LogP contribution in [-0.4, -0.2) is 12.5 Å². The molecule has 0 heterocycles. The number of aryl methyl sites for hydroxylation is 5. The zero-order chi connectivity index (χ0) is 16.3. The molecule has 0 aliphatic rings. The summed E-state index contributed by atoms with van der Waals surface area (Å²) in [6.45, 7) is 10.6. The third-order valence-electron chi connectivity index (χ3n) is 3.89. The molecule has 0 fully saturated rings. The fourth-order valence-electron chi connectivity index (χ4n) is 2.65. The molecule has 2 aromatic rings. The first-order valence-electron chi connectivity index (χ1n) is 7.55. The molecule has 2 aromatic carbocycles. The summed E-state index contributed by atoms with van der Waals surface area (Å²) in [5.41, 5.74) is 7.85. The van der Waals surface area contributed by atoms with Crippen molar-refractivity contribution in [1.82, 2.24) is 0 Å². The minimum absolute atomic E-state index is 0.0392. The number of benzene rings is 2. The van der Waals surface area contributed by atoms with E-state index >= 15 is 0 Å². The number of anilines is 2. The molecule has 2 rings (SSSR count). The van der Waals surface area contributed by atoms with Gasteiger partial charge in [-0.2, -0.15) is 0 Å². The largest absolute Gasteiger partial charge is 0.376 e. The van der Waals surface area contributed by atoms with E-state index in [1.807, 2.05) is 25.1 Å². The van der Waals surface area contributed by atoms with Crippen molar-refractivity contribution in [2.75, 3.05) is 17.2 Å². The maximum absolute atomic E-state index is 12.1. The zero-order valence-electron chi connectivity index (χ0n) is 14.0. The van der Waals surface area contributed by atoms with Crippen molar-refractivity contribution in [3.05, 3.63) is 58.1 Å². The van der Waals surface area contributed by atoms with Crippen LogP contribution >= 0.6 is 0 Å². The van der Waals surface area contributed by atoms with E-state index in [1.165, 1.54) is 16.7 Å². The summed E-state index contributed by atoms with van der Waals surface area (Å²) in [7, 11) is 0. The first kappa shape index (κ1) is 16.1. The predicted octanol–water partition coefficient (Wildman–Crippen LogP) is 4.28. The van der Waals surface area contributed by atoms with E-state index in [4.69, 9.17) is 0 Å². The van der Waals surface area contributed by atoms with Crippen LogP contribution in [0, 0.1) is 34.6 Å². The van der Waals surface area contributed by atoms with Crippen LogP contribution < -0.4 is 10.6 Å². The quantitative estimate of drug-likeness (QED) is 0.884. The Morgan fingerprint density at radius 3 is 2.09 bits per heavy atom. The third-order valence-corrected chi connectivity index (χ3v) is 3.89. The van der Waals surface area contributed by atoms with Gasteiger partial charge in [0, 0.05) is 11.4 Å². The van der Waals surface area contributed by atoms with E-state index in [0.29, 0.717) is 0 Å². The number of nitrogens with one attached hydrogen (secondary N) is 2. The first-order valence-corrected chi connectivity index (χ1v) is 7.55. The number of hydrogen-bond donors (Lipinski definition) is 2. The molecule has 0 saturated heterocycles. The number of carbonyl (C=O) groups is 1. The highest BCUT2D eigenvalue weighted by Gasteiger charge is 2.07. The molecule has 1 amide bonds. The summed E-state index contributed by atoms with van der Waals surface area (Å²) in [4.78, 5) is 12.1. The van der Waals surface area contributed by atoms with Crippen molar-refractivity contribution in [2.45, 2.75) is 34.6 Å². The van der Waals surface area contributed by atoms with Crippen molar-refractivity contribution in [3.63, 3.8) is 0 Å². The van der Waals surface area contributed by atoms with Gasteiger partial charge in [0.2, 0.25) is 5.91 Å². The third kappa shape index (κ3) is 3.88. The monoisotopic (exact) mass is 296 g/mol. The van der Waals surface area contributed by atoms with Crippen LogP contribution in [0.1, 0.15) is 27.8 Å². The van der Waals surface area contributed by atoms with Crippen LogP contribution in [0.2, 0.25) is 0 Å². The lowest BCUT2D eigenvalue weighted by Gasteiger charge is -2.14. The van der Waals surface area contributed by atoms with Gasteiger partial charge in [-0.15, -0.1) is 0 Å². The Labute approximate surface area is 132 Å². The van der Waals surface area contributed by atoms with Crippen LogP contribution in [0.25, 0.3) is 0 Å². The first-order chi connectivity index (χ1) is 10.4. The van der Waals surface area contributed by atoms with Crippen molar-refractivity contribution in [2.24, 2.45) is 0 Å². The average molecular weight is 296 g/mol. The molecule has 0 atom stereocenters. The fourth-order valence-corrected chi connectivity index (χ4v) is 2.65. The lowest BCUT2D eigenvalue weighted by atomic mass is 10.1. The van der Waals surface area contributed by atoms with Gasteiger partial charge in [0.05, 0.1) is 6.54 Å². The zero-order valence-corrected chi connectivity index (χ0v) is 14.0. The van der Waals surface area contributed by atoms with Crippen LogP contribution in [0.15, 0.2) is 30.3 Å². The van der Waals surface area contributed by atoms with E-state index in [-0.39, 0.29) is 12.5 Å². The van der Waals surface area contributed by atoms with Crippen LogP contribution in [0.5, 0.6) is 0 Å². The SMILES string of the molecule is Cc1cc(C)c(NCC(=O)Nc2ccc(C)c(C)c2)c(C)c1. The Hall–Kier alpha value is -2.29. The van der Waals surface area contributed by atoms with E-state index in [9.17, 15) is 4.79 Å². The smallest absolute Gasteiger partial charge is 0.243 e. The van der Waals surface area contributed by atoms with Gasteiger partial charge >= 0.3 is 0 Å². The molecule has 2 N–H and O–H groups in total. The Kier molecular flexibility index (Phi) is 4.86. The highest BCUT2D eigenvalue weighted by molar-refractivity contribution is 5.94. The molecule has 0 unspecified atom stereocenters. The molecule has 3 nitrogen and oxygen atoms in total. The van der Waals surface area contributed by atoms with Gasteiger partial charge in [-0.3, -0.25) is 4.79 Å². The van der Waals surface area contributed by atoms with Crippen LogP contribution in [0.4, 0.5) is 11.4 Å². The van der Waals surface area contributed by atoms with Gasteiger partial charge < -0.3 is 10.6 Å². The molecule has 3 heteroatoms. The second-order valence-electron chi connectivity index (χ2n) is 5.97. The molecule has 22 heavy (non-hydrogen) atoms. The molecule has 0 aliphatic heterocycles. The van der Waals surface area contributed by atoms with Gasteiger partial charge in [-0.05, 0) is 69.0 Å². The van der Waals surface area contributed by atoms with Gasteiger partial charge in [0.25, 0.3) is 0 Å². The maximum atomic E-state index is 12.1. The van der Waals surface area contributed by atoms with Crippen molar-refractivity contribution >= 4 is 17.3 Å². The number of amides is 1. The van der Waals surface area contributed by atoms with Crippen molar-refractivity contribution < 1.29 is 4.79 Å². The Balaban J connectivity index is 2.00. The highest BCUT2D eigenvalue weighted by atomic mass is 16.1. The molecule has 0 saturated carbocycles. The summed E-state index contributed by atoms with van der Waals surface area (Å²) >= 11 is 0. The summed E-state index contributed by atoms with van der Waals surface area (Å²) in [5, 5.41) is 6.17. The molecule has 0 aliphatic carbocycles. The van der Waals surface area contributed by atoms with Gasteiger partial charge in [-0.25, -0.2) is 0 Å². The minimum Gasteiger partial charge on any atom is -0.376 e. The molecular weight excluding hydrogens is 272 g/mol. The number of hydrogen-bond acceptors (Lipinski definition) is 2. The van der Waals surface area contributed by atoms with Gasteiger partial charge in [0.15, 0.2) is 0 Å². The van der Waals surface area contributed by atoms with Crippen molar-refractivity contribution in [3.8, 4) is 0 Å². The Morgan fingerprint density at radius 2 is 1.50 bits per heavy atom. The number of carbonyl (C=O) groups excluding carboxylic acids is 1. The summed E-state index contributed by atoms with van der Waals surface area (Å²) < 4.78 is 0. The Bertz CT molecular complexity index is 682. The molecule has 0 spiro atoms. The molecule has 0 radical (unpaired) electrons. The van der Waals surface area contributed by atoms with E-state index in [1.54, 1.807) is 0 Å². The van der Waals surface area contributed by atoms with E-state index in [2.05, 4.69) is 50.5 Å². The van der Waals surface area contributed by atoms with Crippen LogP contribution in [0.3, 0.4) is 0 Å². The average Bonchev–Trinajstić information content (AvgIpc) is 2.41. The predicted molar refractivity (Wildman–Crippen MR) is 93.7 cm³/mol. The summed E-state index contributed by atoms with van der Waals surface area (Å²) in [5.74, 6) is -0.0392. The highest BCUT2D eigenvalue weighted by Crippen LogP contribution is 2.21. The normalized spacial score (nSPS) is 10.4. The van der Waals surface area contributed by atoms with Crippen molar-refractivity contribution in [1.29, 1.82) is 0 Å². The second kappa shape index (κ2) is 6.65. The second-order valence-corrected chi connectivity index (χ2v) is 5.97. The Morgan fingerprint density at radius 1 is 0.864 bits per heavy atom. The fraction of sp³-hybridized carbons (Fsp3) is 0.316. The van der Waals surface area contributed by atoms with E-state index in [0.717, 1.165) is 22.5 Å². The summed E-state index contributed by atoms with van der Waals surface area (Å²) in [6.07, 6.45) is 0. The lowest BCUT2D eigenvalue weighted by molar-refractivity contribution is -0.114. The lowest BCUT2D eigenvalue weighted by Crippen LogP contribution is -2.22. The molecular formula is C19H24N2O. The molecule has 116 valence electrons. The van der Waals surface area contributed by atoms with Crippen LogP contribution in [-0.2, 0) is 4.79 Å². The van der Waals surface area contributed by atoms with Gasteiger partial charge in [-0.1, -0.05) is 23.8 Å². The maximum Gasteiger partial charge on any atom is 0.243 e. The van der Waals surface area contributed by atoms with Gasteiger partial charge in [0.1, 0.15) is 0 Å². The summed E-state index contributed by atoms with van der Waals surface area (Å²) in [6, 6.07) is 10.2. The standard InChI is InChI=1S/C19H24N2O/c1-12-8-15(4)19(16(5)9-12)20-11-18(22)21-17-7-6-13(2)14(3)10-17/h6-10,20H,11H2,1-5H3,(H,21,22). The minimum atomic E-state index is -0.0392.